The van der Waals surface area contributed by atoms with Crippen molar-refractivity contribution in [3.8, 4) is 0 Å². The molecule has 3 nitrogen and oxygen atoms in total. The van der Waals surface area contributed by atoms with E-state index in [1.165, 1.54) is 0 Å². The predicted molar refractivity (Wildman–Crippen MR) is 53.2 cm³/mol. The van der Waals surface area contributed by atoms with Crippen molar-refractivity contribution in [1.29, 1.82) is 0 Å². The van der Waals surface area contributed by atoms with Crippen molar-refractivity contribution < 1.29 is 4.79 Å². The fraction of sp³-hybridized carbons (Fsp3) is 0.900. The average Bonchev–Trinajstić information content (AvgIpc) is 1.77. The number of nitrogens with zero attached hydrogens (tertiary/aromatic N) is 1. The maximum atomic E-state index is 11.6. The molecule has 1 heterocycles. The van der Waals surface area contributed by atoms with Gasteiger partial charge in [-0.1, -0.05) is 13.8 Å². The normalized spacial score (nSPS) is 21.2. The fourth-order valence-electron chi connectivity index (χ4n) is 1.66. The lowest BCUT2D eigenvalue weighted by atomic mass is 9.83. The molecule has 13 heavy (non-hydrogen) atoms. The third-order valence-electron chi connectivity index (χ3n) is 2.20. The highest BCUT2D eigenvalue weighted by Crippen LogP contribution is 2.29. The monoisotopic (exact) mass is 184 g/mol. The number of carbonyl (C=O) groups excluding carboxylic acids is 1. The maximum Gasteiger partial charge on any atom is 0.224 e. The lowest BCUT2D eigenvalue weighted by molar-refractivity contribution is -0.142. The van der Waals surface area contributed by atoms with Gasteiger partial charge in [0.2, 0.25) is 5.91 Å². The number of hydrogen-bond acceptors (Lipinski definition) is 2. The molecule has 0 saturated carbocycles. The van der Waals surface area contributed by atoms with E-state index < -0.39 is 0 Å². The van der Waals surface area contributed by atoms with Crippen molar-refractivity contribution in [3.63, 3.8) is 0 Å². The number of carbonyl (C=O) groups is 1. The van der Waals surface area contributed by atoms with Crippen LogP contribution in [0.4, 0.5) is 0 Å². The largest absolute Gasteiger partial charge is 0.341 e. The summed E-state index contributed by atoms with van der Waals surface area (Å²) in [5.41, 5.74) is 5.71. The molecule has 3 heteroatoms. The molecule has 1 saturated heterocycles. The van der Waals surface area contributed by atoms with Gasteiger partial charge >= 0.3 is 0 Å². The zero-order chi connectivity index (χ0) is 10.3. The summed E-state index contributed by atoms with van der Waals surface area (Å²) in [4.78, 5) is 13.5. The van der Waals surface area contributed by atoms with E-state index in [1.54, 1.807) is 0 Å². The quantitative estimate of drug-likeness (QED) is 0.695. The van der Waals surface area contributed by atoms with E-state index in [0.29, 0.717) is 11.8 Å². The first-order valence-electron chi connectivity index (χ1n) is 4.76. The number of nitrogens with two attached hydrogens (primary N) is 1. The standard InChI is InChI=1S/C10H20N2O/c1-9(2)6-12(7-9)8(13)5-10(3,4)11/h5-7,11H2,1-4H3. The van der Waals surface area contributed by atoms with Gasteiger partial charge in [-0.05, 0) is 19.3 Å². The van der Waals surface area contributed by atoms with E-state index in [2.05, 4.69) is 13.8 Å². The first-order valence-corrected chi connectivity index (χ1v) is 4.76. The molecule has 0 aromatic carbocycles. The lowest BCUT2D eigenvalue weighted by Gasteiger charge is -2.46. The van der Waals surface area contributed by atoms with Crippen LogP contribution < -0.4 is 5.73 Å². The van der Waals surface area contributed by atoms with Crippen LogP contribution >= 0.6 is 0 Å². The average molecular weight is 184 g/mol. The molecule has 76 valence electrons. The van der Waals surface area contributed by atoms with Crippen LogP contribution in [-0.4, -0.2) is 29.4 Å². The summed E-state index contributed by atoms with van der Waals surface area (Å²) in [5, 5.41) is 0. The van der Waals surface area contributed by atoms with Crippen molar-refractivity contribution in [2.75, 3.05) is 13.1 Å². The van der Waals surface area contributed by atoms with Gasteiger partial charge in [-0.25, -0.2) is 0 Å². The first kappa shape index (κ1) is 10.5. The minimum absolute atomic E-state index is 0.187. The molecule has 0 aromatic rings. The Morgan fingerprint density at radius 1 is 1.46 bits per heavy atom. The van der Waals surface area contributed by atoms with Gasteiger partial charge in [-0.3, -0.25) is 4.79 Å². The molecule has 2 N–H and O–H groups in total. The number of hydrogen-bond donors (Lipinski definition) is 1. The van der Waals surface area contributed by atoms with Crippen LogP contribution in [0.1, 0.15) is 34.1 Å². The Morgan fingerprint density at radius 2 is 1.92 bits per heavy atom. The van der Waals surface area contributed by atoms with E-state index in [1.807, 2.05) is 18.7 Å². The summed E-state index contributed by atoms with van der Waals surface area (Å²) in [6, 6.07) is 0. The SMILES string of the molecule is CC(C)(N)CC(=O)N1CC(C)(C)C1. The first-order chi connectivity index (χ1) is 5.70. The van der Waals surface area contributed by atoms with E-state index in [4.69, 9.17) is 5.73 Å². The summed E-state index contributed by atoms with van der Waals surface area (Å²) in [6.07, 6.45) is 0.448. The molecule has 0 aliphatic carbocycles. The van der Waals surface area contributed by atoms with E-state index in [0.717, 1.165) is 13.1 Å². The third-order valence-corrected chi connectivity index (χ3v) is 2.20. The molecule has 0 aromatic heterocycles. The topological polar surface area (TPSA) is 46.3 Å². The second-order valence-corrected chi connectivity index (χ2v) is 5.58. The Labute approximate surface area is 80.3 Å². The molecule has 0 bridgehead atoms. The van der Waals surface area contributed by atoms with Gasteiger partial charge in [-0.2, -0.15) is 0 Å². The highest BCUT2D eigenvalue weighted by molar-refractivity contribution is 5.78. The molecule has 0 unspecified atom stereocenters. The highest BCUT2D eigenvalue weighted by atomic mass is 16.2. The summed E-state index contributed by atoms with van der Waals surface area (Å²) >= 11 is 0. The molecule has 1 aliphatic heterocycles. The van der Waals surface area contributed by atoms with Gasteiger partial charge < -0.3 is 10.6 Å². The molecular formula is C10H20N2O. The number of rotatable bonds is 2. The predicted octanol–water partition coefficient (Wildman–Crippen LogP) is 0.982. The Balaban J connectivity index is 2.36. The summed E-state index contributed by atoms with van der Waals surface area (Å²) in [6.45, 7) is 9.87. The molecule has 0 spiro atoms. The van der Waals surface area contributed by atoms with Crippen LogP contribution in [0.15, 0.2) is 0 Å². The van der Waals surface area contributed by atoms with Gasteiger partial charge in [0.1, 0.15) is 0 Å². The summed E-state index contributed by atoms with van der Waals surface area (Å²) < 4.78 is 0. The summed E-state index contributed by atoms with van der Waals surface area (Å²) in [7, 11) is 0. The second-order valence-electron chi connectivity index (χ2n) is 5.58. The van der Waals surface area contributed by atoms with Crippen LogP contribution in [0.2, 0.25) is 0 Å². The smallest absolute Gasteiger partial charge is 0.224 e. The van der Waals surface area contributed by atoms with Gasteiger partial charge in [0.15, 0.2) is 0 Å². The third kappa shape index (κ3) is 2.99. The second kappa shape index (κ2) is 2.98. The van der Waals surface area contributed by atoms with Crippen molar-refractivity contribution in [2.24, 2.45) is 11.1 Å². The summed E-state index contributed by atoms with van der Waals surface area (Å²) in [5.74, 6) is 0.187. The van der Waals surface area contributed by atoms with E-state index >= 15 is 0 Å². The molecule has 1 aliphatic rings. The Bertz CT molecular complexity index is 207. The van der Waals surface area contributed by atoms with Crippen LogP contribution in [0.25, 0.3) is 0 Å². The maximum absolute atomic E-state index is 11.6. The van der Waals surface area contributed by atoms with Crippen LogP contribution in [0.3, 0.4) is 0 Å². The minimum Gasteiger partial charge on any atom is -0.341 e. The van der Waals surface area contributed by atoms with Gasteiger partial charge in [0.05, 0.1) is 0 Å². The minimum atomic E-state index is -0.378. The lowest BCUT2D eigenvalue weighted by Crippen LogP contribution is -2.57. The van der Waals surface area contributed by atoms with E-state index in [-0.39, 0.29) is 11.4 Å². The van der Waals surface area contributed by atoms with Gasteiger partial charge in [0.25, 0.3) is 0 Å². The molecule has 1 fully saturated rings. The van der Waals surface area contributed by atoms with Crippen molar-refractivity contribution in [1.82, 2.24) is 4.90 Å². The van der Waals surface area contributed by atoms with Crippen LogP contribution in [-0.2, 0) is 4.79 Å². The van der Waals surface area contributed by atoms with Gasteiger partial charge in [-0.15, -0.1) is 0 Å². The van der Waals surface area contributed by atoms with E-state index in [9.17, 15) is 4.79 Å². The Hall–Kier alpha value is -0.570. The van der Waals surface area contributed by atoms with Crippen LogP contribution in [0.5, 0.6) is 0 Å². The van der Waals surface area contributed by atoms with Gasteiger partial charge in [0, 0.05) is 25.0 Å². The van der Waals surface area contributed by atoms with Crippen molar-refractivity contribution >= 4 is 5.91 Å². The highest BCUT2D eigenvalue weighted by Gasteiger charge is 2.37. The Morgan fingerprint density at radius 3 is 2.23 bits per heavy atom. The molecule has 0 atom stereocenters. The fourth-order valence-corrected chi connectivity index (χ4v) is 1.66. The molecule has 1 rings (SSSR count). The molecular weight excluding hydrogens is 164 g/mol. The zero-order valence-corrected chi connectivity index (χ0v) is 9.05. The number of likely N-dealkylation sites (tertiary alicyclic amines) is 1. The zero-order valence-electron chi connectivity index (χ0n) is 9.05. The van der Waals surface area contributed by atoms with Crippen molar-refractivity contribution in [2.45, 2.75) is 39.7 Å². The molecule has 0 radical (unpaired) electrons. The number of amides is 1. The Kier molecular flexibility index (Phi) is 2.41. The van der Waals surface area contributed by atoms with Crippen molar-refractivity contribution in [3.05, 3.63) is 0 Å². The van der Waals surface area contributed by atoms with Crippen LogP contribution in [0, 0.1) is 5.41 Å². The molecule has 1 amide bonds.